The number of nitrogens with one attached hydrogen (secondary N) is 1. The van der Waals surface area contributed by atoms with Crippen LogP contribution in [0.3, 0.4) is 0 Å². The number of hydrogen-bond donors (Lipinski definition) is 1. The number of pyridine rings is 1. The highest BCUT2D eigenvalue weighted by Crippen LogP contribution is 2.23. The minimum absolute atomic E-state index is 0.258. The number of rotatable bonds is 6. The first kappa shape index (κ1) is 15.3. The Morgan fingerprint density at radius 3 is 2.81 bits per heavy atom. The van der Waals surface area contributed by atoms with E-state index in [2.05, 4.69) is 16.4 Å². The van der Waals surface area contributed by atoms with Crippen LogP contribution in [0.4, 0.5) is 0 Å². The molecule has 1 heterocycles. The van der Waals surface area contributed by atoms with E-state index in [-0.39, 0.29) is 6.04 Å². The monoisotopic (exact) mass is 283 g/mol. The first-order valence-electron chi connectivity index (χ1n) is 7.19. The first-order chi connectivity index (χ1) is 10.0. The normalized spacial score (nSPS) is 13.9. The number of nitriles is 1. The standard InChI is InChI=1S/C17H21N3O/c1-13(2)20-17(3,12-18)9-11-21-15-8-4-6-14-7-5-10-19-16(14)15/h4-8,10,13,20H,9,11H2,1-3H3. The van der Waals surface area contributed by atoms with Gasteiger partial charge in [0.05, 0.1) is 12.7 Å². The van der Waals surface area contributed by atoms with E-state index in [1.807, 2.05) is 51.1 Å². The highest BCUT2D eigenvalue weighted by Gasteiger charge is 2.24. The van der Waals surface area contributed by atoms with Gasteiger partial charge in [0, 0.05) is 24.0 Å². The molecule has 0 aliphatic rings. The second kappa shape index (κ2) is 6.55. The van der Waals surface area contributed by atoms with E-state index in [9.17, 15) is 5.26 Å². The minimum atomic E-state index is -0.577. The van der Waals surface area contributed by atoms with Crippen LogP contribution in [0.15, 0.2) is 36.5 Å². The van der Waals surface area contributed by atoms with Crippen LogP contribution in [-0.4, -0.2) is 23.2 Å². The molecule has 0 amide bonds. The smallest absolute Gasteiger partial charge is 0.145 e. The van der Waals surface area contributed by atoms with Gasteiger partial charge < -0.3 is 4.74 Å². The van der Waals surface area contributed by atoms with Crippen LogP contribution in [0, 0.1) is 11.3 Å². The van der Waals surface area contributed by atoms with Crippen molar-refractivity contribution < 1.29 is 4.74 Å². The topological polar surface area (TPSA) is 57.9 Å². The van der Waals surface area contributed by atoms with E-state index in [4.69, 9.17) is 4.74 Å². The molecule has 1 N–H and O–H groups in total. The molecule has 0 aliphatic heterocycles. The average molecular weight is 283 g/mol. The second-order valence-electron chi connectivity index (χ2n) is 5.67. The zero-order chi connectivity index (χ0) is 15.3. The summed E-state index contributed by atoms with van der Waals surface area (Å²) in [6.45, 7) is 6.44. The maximum Gasteiger partial charge on any atom is 0.145 e. The third-order valence-corrected chi connectivity index (χ3v) is 3.31. The number of ether oxygens (including phenoxy) is 1. The van der Waals surface area contributed by atoms with Crippen molar-refractivity contribution in [2.24, 2.45) is 0 Å². The Hall–Kier alpha value is -2.12. The Labute approximate surface area is 125 Å². The molecule has 0 spiro atoms. The van der Waals surface area contributed by atoms with Gasteiger partial charge in [-0.2, -0.15) is 5.26 Å². The van der Waals surface area contributed by atoms with E-state index in [1.54, 1.807) is 6.20 Å². The number of aromatic nitrogens is 1. The van der Waals surface area contributed by atoms with Crippen LogP contribution >= 0.6 is 0 Å². The van der Waals surface area contributed by atoms with Gasteiger partial charge in [-0.05, 0) is 32.9 Å². The van der Waals surface area contributed by atoms with Gasteiger partial charge in [-0.1, -0.05) is 18.2 Å². The highest BCUT2D eigenvalue weighted by atomic mass is 16.5. The van der Waals surface area contributed by atoms with Gasteiger partial charge in [-0.3, -0.25) is 10.3 Å². The summed E-state index contributed by atoms with van der Waals surface area (Å²) < 4.78 is 5.84. The van der Waals surface area contributed by atoms with Crippen molar-refractivity contribution in [2.75, 3.05) is 6.61 Å². The zero-order valence-corrected chi connectivity index (χ0v) is 12.8. The molecule has 0 bridgehead atoms. The second-order valence-corrected chi connectivity index (χ2v) is 5.67. The molecule has 1 unspecified atom stereocenters. The maximum atomic E-state index is 9.32. The maximum absolute atomic E-state index is 9.32. The predicted molar refractivity (Wildman–Crippen MR) is 84.1 cm³/mol. The molecule has 1 atom stereocenters. The molecule has 0 aliphatic carbocycles. The van der Waals surface area contributed by atoms with Crippen LogP contribution in [0.2, 0.25) is 0 Å². The third kappa shape index (κ3) is 3.93. The molecule has 0 fully saturated rings. The molecular formula is C17H21N3O. The molecule has 0 radical (unpaired) electrons. The number of benzene rings is 1. The third-order valence-electron chi connectivity index (χ3n) is 3.31. The van der Waals surface area contributed by atoms with Crippen molar-refractivity contribution in [3.05, 3.63) is 36.5 Å². The molecule has 0 saturated heterocycles. The summed E-state index contributed by atoms with van der Waals surface area (Å²) in [4.78, 5) is 4.36. The lowest BCUT2D eigenvalue weighted by molar-refractivity contribution is 0.262. The first-order valence-corrected chi connectivity index (χ1v) is 7.19. The van der Waals surface area contributed by atoms with Gasteiger partial charge in [-0.15, -0.1) is 0 Å². The Morgan fingerprint density at radius 2 is 2.10 bits per heavy atom. The van der Waals surface area contributed by atoms with Crippen LogP contribution in [0.1, 0.15) is 27.2 Å². The lowest BCUT2D eigenvalue weighted by Gasteiger charge is -2.25. The molecule has 2 aromatic rings. The summed E-state index contributed by atoms with van der Waals surface area (Å²) in [7, 11) is 0. The molecule has 4 nitrogen and oxygen atoms in total. The van der Waals surface area contributed by atoms with Gasteiger partial charge in [0.25, 0.3) is 0 Å². The van der Waals surface area contributed by atoms with E-state index < -0.39 is 5.54 Å². The zero-order valence-electron chi connectivity index (χ0n) is 12.8. The molecule has 110 valence electrons. The van der Waals surface area contributed by atoms with Gasteiger partial charge in [-0.25, -0.2) is 0 Å². The van der Waals surface area contributed by atoms with Crippen molar-refractivity contribution in [1.29, 1.82) is 5.26 Å². The molecule has 0 saturated carbocycles. The average Bonchev–Trinajstić information content (AvgIpc) is 2.47. The van der Waals surface area contributed by atoms with Crippen molar-refractivity contribution >= 4 is 10.9 Å². The largest absolute Gasteiger partial charge is 0.491 e. The van der Waals surface area contributed by atoms with Crippen molar-refractivity contribution in [1.82, 2.24) is 10.3 Å². The van der Waals surface area contributed by atoms with E-state index in [1.165, 1.54) is 0 Å². The number of fused-ring (bicyclic) bond motifs is 1. The lowest BCUT2D eigenvalue weighted by atomic mass is 9.99. The number of nitrogens with zero attached hydrogens (tertiary/aromatic N) is 2. The highest BCUT2D eigenvalue weighted by molar-refractivity contribution is 5.84. The SMILES string of the molecule is CC(C)NC(C)(C#N)CCOc1cccc2cccnc12. The minimum Gasteiger partial charge on any atom is -0.491 e. The molecule has 4 heteroatoms. The van der Waals surface area contributed by atoms with Crippen molar-refractivity contribution in [3.8, 4) is 11.8 Å². The summed E-state index contributed by atoms with van der Waals surface area (Å²) in [6.07, 6.45) is 2.37. The van der Waals surface area contributed by atoms with Crippen LogP contribution in [0.25, 0.3) is 10.9 Å². The van der Waals surface area contributed by atoms with Crippen molar-refractivity contribution in [2.45, 2.75) is 38.8 Å². The molecule has 21 heavy (non-hydrogen) atoms. The van der Waals surface area contributed by atoms with Gasteiger partial charge in [0.2, 0.25) is 0 Å². The fraction of sp³-hybridized carbons (Fsp3) is 0.412. The van der Waals surface area contributed by atoms with E-state index in [0.29, 0.717) is 13.0 Å². The quantitative estimate of drug-likeness (QED) is 0.884. The molecule has 2 rings (SSSR count). The van der Waals surface area contributed by atoms with Crippen molar-refractivity contribution in [3.63, 3.8) is 0 Å². The molecule has 1 aromatic heterocycles. The van der Waals surface area contributed by atoms with E-state index >= 15 is 0 Å². The number of para-hydroxylation sites is 1. The molecular weight excluding hydrogens is 262 g/mol. The lowest BCUT2D eigenvalue weighted by Crippen LogP contribution is -2.45. The summed E-state index contributed by atoms with van der Waals surface area (Å²) >= 11 is 0. The fourth-order valence-corrected chi connectivity index (χ4v) is 2.36. The Morgan fingerprint density at radius 1 is 1.33 bits per heavy atom. The number of hydrogen-bond acceptors (Lipinski definition) is 4. The Balaban J connectivity index is 2.04. The van der Waals surface area contributed by atoms with E-state index in [0.717, 1.165) is 16.7 Å². The fourth-order valence-electron chi connectivity index (χ4n) is 2.36. The van der Waals surface area contributed by atoms with Crippen LogP contribution in [-0.2, 0) is 0 Å². The Bertz CT molecular complexity index is 643. The van der Waals surface area contributed by atoms with Crippen LogP contribution < -0.4 is 10.1 Å². The predicted octanol–water partition coefficient (Wildman–Crippen LogP) is 3.28. The summed E-state index contributed by atoms with van der Waals surface area (Å²) in [6, 6.07) is 12.4. The summed E-state index contributed by atoms with van der Waals surface area (Å²) in [5, 5.41) is 13.6. The Kier molecular flexibility index (Phi) is 4.77. The van der Waals surface area contributed by atoms with Gasteiger partial charge in [0.1, 0.15) is 16.8 Å². The van der Waals surface area contributed by atoms with Gasteiger partial charge >= 0.3 is 0 Å². The van der Waals surface area contributed by atoms with Gasteiger partial charge in [0.15, 0.2) is 0 Å². The summed E-state index contributed by atoms with van der Waals surface area (Å²) in [5.74, 6) is 0.762. The molecule has 1 aromatic carbocycles. The summed E-state index contributed by atoms with van der Waals surface area (Å²) in [5.41, 5.74) is 0.280. The van der Waals surface area contributed by atoms with Crippen LogP contribution in [0.5, 0.6) is 5.75 Å².